The predicted molar refractivity (Wildman–Crippen MR) is 121 cm³/mol. The molecule has 0 unspecified atom stereocenters. The first-order chi connectivity index (χ1) is 16.2. The lowest BCUT2D eigenvalue weighted by Crippen LogP contribution is -2.51. The number of carbonyl (C=O) groups is 3. The number of anilines is 1. The monoisotopic (exact) mass is 521 g/mol. The van der Waals surface area contributed by atoms with Crippen LogP contribution >= 0.6 is 11.6 Å². The zero-order valence-electron chi connectivity index (χ0n) is 20.3. The fourth-order valence-corrected chi connectivity index (χ4v) is 3.35. The molecule has 1 aromatic heterocycles. The molecule has 2 rings (SSSR count). The SMILES string of the molecule is CC(C)C(=O)Nc1nc(=O)n([C@@H]2O[C@](CCl)(COC(=O)C(C)C)[C@@H](OC(=O)C(C)C)[C@@H]2F)cc1F. The highest BCUT2D eigenvalue weighted by Gasteiger charge is 2.60. The summed E-state index contributed by atoms with van der Waals surface area (Å²) in [6.45, 7) is 8.74. The highest BCUT2D eigenvalue weighted by Crippen LogP contribution is 2.42. The van der Waals surface area contributed by atoms with Crippen molar-refractivity contribution < 1.29 is 37.4 Å². The third-order valence-corrected chi connectivity index (χ3v) is 5.71. The van der Waals surface area contributed by atoms with Gasteiger partial charge in [0.05, 0.1) is 23.9 Å². The van der Waals surface area contributed by atoms with Crippen LogP contribution in [0.4, 0.5) is 14.6 Å². The van der Waals surface area contributed by atoms with Crippen LogP contribution < -0.4 is 11.0 Å². The van der Waals surface area contributed by atoms with Crippen LogP contribution in [0.5, 0.6) is 0 Å². The summed E-state index contributed by atoms with van der Waals surface area (Å²) < 4.78 is 47.1. The van der Waals surface area contributed by atoms with E-state index >= 15 is 4.39 Å². The largest absolute Gasteiger partial charge is 0.462 e. The van der Waals surface area contributed by atoms with Crippen LogP contribution in [-0.2, 0) is 28.6 Å². The summed E-state index contributed by atoms with van der Waals surface area (Å²) in [4.78, 5) is 52.3. The van der Waals surface area contributed by atoms with Crippen LogP contribution in [0.1, 0.15) is 47.8 Å². The van der Waals surface area contributed by atoms with Crippen LogP contribution in [0, 0.1) is 23.6 Å². The molecule has 1 aliphatic rings. The first kappa shape index (κ1) is 28.6. The van der Waals surface area contributed by atoms with Gasteiger partial charge in [0, 0.05) is 5.92 Å². The van der Waals surface area contributed by atoms with Gasteiger partial charge in [0.2, 0.25) is 5.91 Å². The maximum Gasteiger partial charge on any atom is 0.351 e. The average Bonchev–Trinajstić information content (AvgIpc) is 3.05. The molecule has 13 heteroatoms. The molecule has 0 aromatic carbocycles. The molecule has 0 radical (unpaired) electrons. The van der Waals surface area contributed by atoms with Crippen molar-refractivity contribution in [3.63, 3.8) is 0 Å². The lowest BCUT2D eigenvalue weighted by Gasteiger charge is -2.32. The molecule has 10 nitrogen and oxygen atoms in total. The van der Waals surface area contributed by atoms with E-state index in [1.807, 2.05) is 0 Å². The number of nitrogens with one attached hydrogen (secondary N) is 1. The van der Waals surface area contributed by atoms with Gasteiger partial charge in [0.25, 0.3) is 0 Å². The van der Waals surface area contributed by atoms with Crippen molar-refractivity contribution in [1.29, 1.82) is 0 Å². The van der Waals surface area contributed by atoms with Crippen molar-refractivity contribution in [3.05, 3.63) is 22.5 Å². The van der Waals surface area contributed by atoms with E-state index in [0.29, 0.717) is 10.8 Å². The molecule has 1 N–H and O–H groups in total. The molecule has 196 valence electrons. The molecule has 1 amide bonds. The topological polar surface area (TPSA) is 126 Å². The van der Waals surface area contributed by atoms with Crippen LogP contribution in [0.25, 0.3) is 0 Å². The van der Waals surface area contributed by atoms with Crippen molar-refractivity contribution in [3.8, 4) is 0 Å². The first-order valence-corrected chi connectivity index (χ1v) is 11.6. The Bertz CT molecular complexity index is 1020. The number of aromatic nitrogens is 2. The number of esters is 2. The molecule has 1 aliphatic heterocycles. The minimum absolute atomic E-state index is 0.488. The third kappa shape index (κ3) is 6.35. The van der Waals surface area contributed by atoms with Gasteiger partial charge in [0.15, 0.2) is 35.7 Å². The Morgan fingerprint density at radius 2 is 1.77 bits per heavy atom. The Morgan fingerprint density at radius 3 is 2.29 bits per heavy atom. The quantitative estimate of drug-likeness (QED) is 0.388. The highest BCUT2D eigenvalue weighted by molar-refractivity contribution is 6.18. The Kier molecular flexibility index (Phi) is 9.35. The standard InChI is InChI=1S/C22H30ClF2N3O7/c1-10(2)17(29)26-16-13(24)7-28(21(32)27-16)18-14(25)15(34-20(31)12(5)6)22(8-23,35-18)9-33-19(30)11(3)4/h7,10-12,14-15,18H,8-9H2,1-6H3,(H,26,27,29,32)/t14-,15-,18+,22+/m0/s1. The highest BCUT2D eigenvalue weighted by atomic mass is 35.5. The Morgan fingerprint density at radius 1 is 1.17 bits per heavy atom. The number of carbonyl (C=O) groups excluding carboxylic acids is 3. The van der Waals surface area contributed by atoms with Gasteiger partial charge in [-0.3, -0.25) is 19.0 Å². The lowest BCUT2D eigenvalue weighted by molar-refractivity contribution is -0.177. The minimum atomic E-state index is -2.20. The molecule has 1 fully saturated rings. The summed E-state index contributed by atoms with van der Waals surface area (Å²) in [5.74, 6) is -5.92. The molecule has 2 heterocycles. The van der Waals surface area contributed by atoms with Gasteiger partial charge in [-0.15, -0.1) is 11.6 Å². The third-order valence-electron chi connectivity index (χ3n) is 5.25. The number of alkyl halides is 2. The number of amides is 1. The van der Waals surface area contributed by atoms with E-state index in [0.717, 1.165) is 0 Å². The van der Waals surface area contributed by atoms with Gasteiger partial charge in [-0.2, -0.15) is 4.98 Å². The van der Waals surface area contributed by atoms with Crippen molar-refractivity contribution in [2.24, 2.45) is 17.8 Å². The van der Waals surface area contributed by atoms with Crippen molar-refractivity contribution in [2.45, 2.75) is 65.6 Å². The van der Waals surface area contributed by atoms with Crippen molar-refractivity contribution in [2.75, 3.05) is 17.8 Å². The van der Waals surface area contributed by atoms with E-state index in [1.54, 1.807) is 27.7 Å². The average molecular weight is 522 g/mol. The molecule has 1 saturated heterocycles. The predicted octanol–water partition coefficient (Wildman–Crippen LogP) is 2.59. The zero-order chi connectivity index (χ0) is 26.7. The number of rotatable bonds is 9. The minimum Gasteiger partial charge on any atom is -0.462 e. The van der Waals surface area contributed by atoms with E-state index in [2.05, 4.69) is 10.3 Å². The molecular formula is C22H30ClF2N3O7. The van der Waals surface area contributed by atoms with Gasteiger partial charge in [-0.25, -0.2) is 13.6 Å². The first-order valence-electron chi connectivity index (χ1n) is 11.1. The van der Waals surface area contributed by atoms with Crippen molar-refractivity contribution in [1.82, 2.24) is 9.55 Å². The molecule has 0 aliphatic carbocycles. The van der Waals surface area contributed by atoms with E-state index in [1.165, 1.54) is 13.8 Å². The maximum absolute atomic E-state index is 15.7. The summed E-state index contributed by atoms with van der Waals surface area (Å²) in [6, 6.07) is 0. The van der Waals surface area contributed by atoms with Gasteiger partial charge in [-0.05, 0) is 0 Å². The number of ether oxygens (including phenoxy) is 3. The van der Waals surface area contributed by atoms with E-state index in [9.17, 15) is 23.6 Å². The smallest absolute Gasteiger partial charge is 0.351 e. The second kappa shape index (κ2) is 11.4. The second-order valence-corrected chi connectivity index (χ2v) is 9.46. The maximum atomic E-state index is 15.7. The van der Waals surface area contributed by atoms with Crippen LogP contribution in [0.2, 0.25) is 0 Å². The molecule has 0 saturated carbocycles. The molecule has 1 aromatic rings. The lowest BCUT2D eigenvalue weighted by atomic mass is 9.98. The van der Waals surface area contributed by atoms with E-state index in [-0.39, 0.29) is 0 Å². The number of halogens is 3. The summed E-state index contributed by atoms with van der Waals surface area (Å²) in [7, 11) is 0. The van der Waals surface area contributed by atoms with E-state index < -0.39 is 89.5 Å². The fourth-order valence-electron chi connectivity index (χ4n) is 3.05. The van der Waals surface area contributed by atoms with Crippen LogP contribution in [0.15, 0.2) is 11.0 Å². The van der Waals surface area contributed by atoms with Gasteiger partial charge in [0.1, 0.15) is 6.61 Å². The Hall–Kier alpha value is -2.60. The molecule has 35 heavy (non-hydrogen) atoms. The van der Waals surface area contributed by atoms with Crippen LogP contribution in [0.3, 0.4) is 0 Å². The van der Waals surface area contributed by atoms with Gasteiger partial charge in [-0.1, -0.05) is 41.5 Å². The summed E-state index contributed by atoms with van der Waals surface area (Å²) >= 11 is 6.09. The number of nitrogens with zero attached hydrogens (tertiary/aromatic N) is 2. The molecule has 0 spiro atoms. The zero-order valence-corrected chi connectivity index (χ0v) is 21.1. The number of hydrogen-bond donors (Lipinski definition) is 1. The normalized spacial score (nSPS) is 24.2. The fraction of sp³-hybridized carbons (Fsp3) is 0.682. The second-order valence-electron chi connectivity index (χ2n) is 9.20. The van der Waals surface area contributed by atoms with Crippen molar-refractivity contribution >= 4 is 35.3 Å². The number of hydrogen-bond acceptors (Lipinski definition) is 8. The van der Waals surface area contributed by atoms with E-state index in [4.69, 9.17) is 25.8 Å². The summed E-state index contributed by atoms with van der Waals surface area (Å²) in [5, 5.41) is 2.18. The Balaban J connectivity index is 2.46. The summed E-state index contributed by atoms with van der Waals surface area (Å²) in [6.07, 6.45) is -5.09. The van der Waals surface area contributed by atoms with Gasteiger partial charge >= 0.3 is 17.6 Å². The summed E-state index contributed by atoms with van der Waals surface area (Å²) in [5.41, 5.74) is -3.02. The van der Waals surface area contributed by atoms with Gasteiger partial charge < -0.3 is 19.5 Å². The molecule has 0 bridgehead atoms. The van der Waals surface area contributed by atoms with Crippen LogP contribution in [-0.4, -0.2) is 57.8 Å². The molecule has 4 atom stereocenters. The molecular weight excluding hydrogens is 492 g/mol. The Labute approximate surface area is 206 Å².